The van der Waals surface area contributed by atoms with Gasteiger partial charge in [0.2, 0.25) is 11.8 Å². The van der Waals surface area contributed by atoms with E-state index in [0.717, 1.165) is 13.0 Å². The molecule has 110 valence electrons. The van der Waals surface area contributed by atoms with E-state index < -0.39 is 11.1 Å². The molecule has 19 heavy (non-hydrogen) atoms. The smallest absolute Gasteiger partial charge is 0.248 e. The molecule has 0 aromatic rings. The predicted molar refractivity (Wildman–Crippen MR) is 73.6 cm³/mol. The van der Waals surface area contributed by atoms with Crippen molar-refractivity contribution in [1.29, 1.82) is 0 Å². The Morgan fingerprint density at radius 1 is 1.37 bits per heavy atom. The SMILES string of the molecule is CCCN1CCN(C(=O)CC(C)(C)O)C(C)(C)C1=O. The Labute approximate surface area is 115 Å². The molecule has 5 heteroatoms. The van der Waals surface area contributed by atoms with Crippen molar-refractivity contribution in [3.8, 4) is 0 Å². The van der Waals surface area contributed by atoms with Crippen LogP contribution >= 0.6 is 0 Å². The van der Waals surface area contributed by atoms with Crippen molar-refractivity contribution in [2.24, 2.45) is 0 Å². The van der Waals surface area contributed by atoms with E-state index in [0.29, 0.717) is 13.1 Å². The molecule has 0 spiro atoms. The van der Waals surface area contributed by atoms with E-state index in [9.17, 15) is 14.7 Å². The molecule has 1 fully saturated rings. The van der Waals surface area contributed by atoms with Crippen molar-refractivity contribution in [1.82, 2.24) is 9.80 Å². The highest BCUT2D eigenvalue weighted by Crippen LogP contribution is 2.25. The van der Waals surface area contributed by atoms with Crippen molar-refractivity contribution in [2.45, 2.75) is 58.6 Å². The normalized spacial score (nSPS) is 19.8. The Balaban J connectivity index is 2.83. The first kappa shape index (κ1) is 16.0. The quantitative estimate of drug-likeness (QED) is 0.829. The van der Waals surface area contributed by atoms with Gasteiger partial charge in [-0.25, -0.2) is 0 Å². The van der Waals surface area contributed by atoms with Gasteiger partial charge in [-0.1, -0.05) is 6.92 Å². The minimum Gasteiger partial charge on any atom is -0.390 e. The molecule has 0 aromatic carbocycles. The minimum atomic E-state index is -1.04. The van der Waals surface area contributed by atoms with Gasteiger partial charge in [-0.2, -0.15) is 0 Å². The number of hydrogen-bond donors (Lipinski definition) is 1. The lowest BCUT2D eigenvalue weighted by Crippen LogP contribution is -2.65. The zero-order valence-corrected chi connectivity index (χ0v) is 12.7. The molecule has 2 amide bonds. The number of nitrogens with zero attached hydrogens (tertiary/aromatic N) is 2. The third-order valence-corrected chi connectivity index (χ3v) is 3.46. The highest BCUT2D eigenvalue weighted by atomic mass is 16.3. The molecule has 0 unspecified atom stereocenters. The lowest BCUT2D eigenvalue weighted by molar-refractivity contribution is -0.160. The largest absolute Gasteiger partial charge is 0.390 e. The maximum absolute atomic E-state index is 12.4. The van der Waals surface area contributed by atoms with Crippen molar-refractivity contribution in [3.05, 3.63) is 0 Å². The average Bonchev–Trinajstić information content (AvgIpc) is 2.22. The van der Waals surface area contributed by atoms with Crippen LogP contribution in [0, 0.1) is 0 Å². The van der Waals surface area contributed by atoms with Crippen molar-refractivity contribution in [2.75, 3.05) is 19.6 Å². The molecular formula is C14H26N2O3. The molecule has 1 rings (SSSR count). The summed E-state index contributed by atoms with van der Waals surface area (Å²) in [5.41, 5.74) is -1.87. The Morgan fingerprint density at radius 3 is 2.42 bits per heavy atom. The zero-order valence-electron chi connectivity index (χ0n) is 12.7. The number of piperazine rings is 1. The van der Waals surface area contributed by atoms with Crippen LogP contribution in [-0.2, 0) is 9.59 Å². The van der Waals surface area contributed by atoms with Gasteiger partial charge < -0.3 is 14.9 Å². The van der Waals surface area contributed by atoms with Crippen LogP contribution in [-0.4, -0.2) is 57.5 Å². The molecular weight excluding hydrogens is 244 g/mol. The van der Waals surface area contributed by atoms with Gasteiger partial charge in [0.25, 0.3) is 0 Å². The van der Waals surface area contributed by atoms with Gasteiger partial charge in [0.05, 0.1) is 12.0 Å². The van der Waals surface area contributed by atoms with Crippen LogP contribution in [0.3, 0.4) is 0 Å². The lowest BCUT2D eigenvalue weighted by Gasteiger charge is -2.46. The van der Waals surface area contributed by atoms with E-state index in [-0.39, 0.29) is 18.2 Å². The van der Waals surface area contributed by atoms with E-state index in [4.69, 9.17) is 0 Å². The fourth-order valence-electron chi connectivity index (χ4n) is 2.49. The fraction of sp³-hybridized carbons (Fsp3) is 0.857. The second-order valence-corrected chi connectivity index (χ2v) is 6.39. The summed E-state index contributed by atoms with van der Waals surface area (Å²) in [7, 11) is 0. The molecule has 1 aliphatic heterocycles. The number of aliphatic hydroxyl groups is 1. The van der Waals surface area contributed by atoms with Crippen LogP contribution in [0.15, 0.2) is 0 Å². The second kappa shape index (κ2) is 5.49. The first-order valence-electron chi connectivity index (χ1n) is 6.92. The molecule has 1 aliphatic rings. The number of carbonyl (C=O) groups excluding carboxylic acids is 2. The van der Waals surface area contributed by atoms with Gasteiger partial charge in [-0.05, 0) is 34.1 Å². The van der Waals surface area contributed by atoms with Gasteiger partial charge in [0, 0.05) is 19.6 Å². The average molecular weight is 270 g/mol. The van der Waals surface area contributed by atoms with E-state index in [1.165, 1.54) is 0 Å². The predicted octanol–water partition coefficient (Wildman–Crippen LogP) is 1.01. The molecule has 5 nitrogen and oxygen atoms in total. The van der Waals surface area contributed by atoms with Crippen molar-refractivity contribution in [3.63, 3.8) is 0 Å². The number of carbonyl (C=O) groups is 2. The van der Waals surface area contributed by atoms with Crippen LogP contribution in [0.4, 0.5) is 0 Å². The molecule has 0 atom stereocenters. The van der Waals surface area contributed by atoms with Gasteiger partial charge >= 0.3 is 0 Å². The Morgan fingerprint density at radius 2 is 1.95 bits per heavy atom. The summed E-state index contributed by atoms with van der Waals surface area (Å²) in [6.07, 6.45) is 0.955. The van der Waals surface area contributed by atoms with Gasteiger partial charge in [0.15, 0.2) is 0 Å². The fourth-order valence-corrected chi connectivity index (χ4v) is 2.49. The minimum absolute atomic E-state index is 0.00954. The molecule has 0 aliphatic carbocycles. The lowest BCUT2D eigenvalue weighted by atomic mass is 9.95. The summed E-state index contributed by atoms with van der Waals surface area (Å²) in [5, 5.41) is 9.75. The molecule has 0 radical (unpaired) electrons. The van der Waals surface area contributed by atoms with Gasteiger partial charge in [0.1, 0.15) is 5.54 Å². The zero-order chi connectivity index (χ0) is 14.8. The van der Waals surface area contributed by atoms with Crippen LogP contribution in [0.25, 0.3) is 0 Å². The van der Waals surface area contributed by atoms with E-state index in [1.807, 2.05) is 11.8 Å². The molecule has 0 aromatic heterocycles. The number of amides is 2. The van der Waals surface area contributed by atoms with Crippen molar-refractivity contribution >= 4 is 11.8 Å². The van der Waals surface area contributed by atoms with Gasteiger partial charge in [-0.15, -0.1) is 0 Å². The topological polar surface area (TPSA) is 60.9 Å². The van der Waals surface area contributed by atoms with E-state index in [1.54, 1.807) is 32.6 Å². The summed E-state index contributed by atoms with van der Waals surface area (Å²) >= 11 is 0. The first-order chi connectivity index (χ1) is 8.59. The van der Waals surface area contributed by atoms with Crippen molar-refractivity contribution < 1.29 is 14.7 Å². The maximum Gasteiger partial charge on any atom is 0.248 e. The van der Waals surface area contributed by atoms with Crippen LogP contribution in [0.5, 0.6) is 0 Å². The Bertz CT molecular complexity index is 358. The molecule has 1 heterocycles. The summed E-state index contributed by atoms with van der Waals surface area (Å²) < 4.78 is 0. The maximum atomic E-state index is 12.4. The highest BCUT2D eigenvalue weighted by Gasteiger charge is 2.44. The third kappa shape index (κ3) is 3.69. The van der Waals surface area contributed by atoms with E-state index >= 15 is 0 Å². The summed E-state index contributed by atoms with van der Waals surface area (Å²) in [5.74, 6) is -0.174. The van der Waals surface area contributed by atoms with Crippen LogP contribution in [0.1, 0.15) is 47.5 Å². The highest BCUT2D eigenvalue weighted by molar-refractivity contribution is 5.92. The summed E-state index contributed by atoms with van der Waals surface area (Å²) in [6.45, 7) is 10.6. The second-order valence-electron chi connectivity index (χ2n) is 6.39. The standard InChI is InChI=1S/C14H26N2O3/c1-6-7-15-8-9-16(14(4,5)12(15)18)11(17)10-13(2,3)19/h19H,6-10H2,1-5H3. The number of rotatable bonds is 4. The molecule has 0 saturated carbocycles. The first-order valence-corrected chi connectivity index (χ1v) is 6.92. The summed E-state index contributed by atoms with van der Waals surface area (Å²) in [4.78, 5) is 28.0. The summed E-state index contributed by atoms with van der Waals surface area (Å²) in [6, 6.07) is 0. The molecule has 0 bridgehead atoms. The monoisotopic (exact) mass is 270 g/mol. The van der Waals surface area contributed by atoms with E-state index in [2.05, 4.69) is 0 Å². The Kier molecular flexibility index (Phi) is 4.61. The third-order valence-electron chi connectivity index (χ3n) is 3.46. The molecule has 1 saturated heterocycles. The van der Waals surface area contributed by atoms with Crippen LogP contribution in [0.2, 0.25) is 0 Å². The molecule has 1 N–H and O–H groups in total. The van der Waals surface area contributed by atoms with Crippen LogP contribution < -0.4 is 0 Å². The Hall–Kier alpha value is -1.10. The number of hydrogen-bond acceptors (Lipinski definition) is 3. The van der Waals surface area contributed by atoms with Gasteiger partial charge in [-0.3, -0.25) is 9.59 Å².